The molecule has 3 aromatic rings. The summed E-state index contributed by atoms with van der Waals surface area (Å²) in [6, 6.07) is 9.45. The fourth-order valence-corrected chi connectivity index (χ4v) is 5.73. The van der Waals surface area contributed by atoms with E-state index in [-0.39, 0.29) is 29.2 Å². The van der Waals surface area contributed by atoms with Crippen LogP contribution in [0.2, 0.25) is 0 Å². The molecule has 2 aliphatic rings. The smallest absolute Gasteiger partial charge is 0.220 e. The maximum absolute atomic E-state index is 14.0. The van der Waals surface area contributed by atoms with Crippen LogP contribution in [0.15, 0.2) is 48.9 Å². The molecule has 5 rings (SSSR count). The number of carbonyl (C=O) groups excluding carboxylic acids is 1. The summed E-state index contributed by atoms with van der Waals surface area (Å²) >= 11 is 0. The molecule has 1 amide bonds. The number of halogens is 1. The molecule has 0 unspecified atom stereocenters. The number of fused-ring (bicyclic) bond motifs is 1. The van der Waals surface area contributed by atoms with Gasteiger partial charge in [0.15, 0.2) is 0 Å². The van der Waals surface area contributed by atoms with E-state index in [0.29, 0.717) is 6.42 Å². The zero-order chi connectivity index (χ0) is 22.3. The molecule has 32 heavy (non-hydrogen) atoms. The van der Waals surface area contributed by atoms with E-state index in [2.05, 4.69) is 45.9 Å². The van der Waals surface area contributed by atoms with Gasteiger partial charge in [0.1, 0.15) is 5.82 Å². The van der Waals surface area contributed by atoms with Gasteiger partial charge < -0.3 is 9.88 Å². The van der Waals surface area contributed by atoms with Gasteiger partial charge in [-0.1, -0.05) is 12.5 Å². The van der Waals surface area contributed by atoms with Crippen molar-refractivity contribution in [2.75, 3.05) is 13.1 Å². The lowest BCUT2D eigenvalue weighted by molar-refractivity contribution is -0.122. The monoisotopic (exact) mass is 434 g/mol. The molecule has 2 fully saturated rings. The van der Waals surface area contributed by atoms with E-state index < -0.39 is 0 Å². The number of likely N-dealkylation sites (tertiary alicyclic amines) is 1. The molecular weight excluding hydrogens is 403 g/mol. The van der Waals surface area contributed by atoms with E-state index in [4.69, 9.17) is 0 Å². The van der Waals surface area contributed by atoms with E-state index >= 15 is 0 Å². The summed E-state index contributed by atoms with van der Waals surface area (Å²) in [6.07, 6.45) is 9.50. The van der Waals surface area contributed by atoms with E-state index in [0.717, 1.165) is 49.8 Å². The highest BCUT2D eigenvalue weighted by Crippen LogP contribution is 2.41. The van der Waals surface area contributed by atoms with Crippen molar-refractivity contribution in [2.24, 2.45) is 0 Å². The van der Waals surface area contributed by atoms with Crippen LogP contribution in [0.5, 0.6) is 0 Å². The molecule has 168 valence electrons. The number of nitrogens with zero attached hydrogens (tertiary/aromatic N) is 3. The minimum absolute atomic E-state index is 0.158. The molecule has 6 heteroatoms. The zero-order valence-corrected chi connectivity index (χ0v) is 18.9. The Kier molecular flexibility index (Phi) is 5.49. The van der Waals surface area contributed by atoms with Crippen LogP contribution in [-0.4, -0.2) is 39.0 Å². The fraction of sp³-hybridized carbons (Fsp3) is 0.462. The number of rotatable bonds is 4. The van der Waals surface area contributed by atoms with E-state index in [9.17, 15) is 9.18 Å². The molecular formula is C26H31FN4O. The number of amides is 1. The molecule has 1 N–H and O–H groups in total. The van der Waals surface area contributed by atoms with Crippen LogP contribution in [0, 0.1) is 5.82 Å². The topological polar surface area (TPSA) is 50.2 Å². The fourth-order valence-electron chi connectivity index (χ4n) is 5.73. The van der Waals surface area contributed by atoms with Gasteiger partial charge in [-0.25, -0.2) is 4.39 Å². The molecule has 2 saturated heterocycles. The predicted octanol–water partition coefficient (Wildman–Crippen LogP) is 4.78. The quantitative estimate of drug-likeness (QED) is 0.643. The lowest BCUT2D eigenvalue weighted by Crippen LogP contribution is -2.52. The summed E-state index contributed by atoms with van der Waals surface area (Å²) in [5.74, 6) is 0.154. The third-order valence-corrected chi connectivity index (χ3v) is 7.19. The number of aromatic nitrogens is 2. The second-order valence-electron chi connectivity index (χ2n) is 9.74. The number of hydrogen-bond acceptors (Lipinski definition) is 3. The van der Waals surface area contributed by atoms with Crippen molar-refractivity contribution in [3.8, 4) is 0 Å². The zero-order valence-electron chi connectivity index (χ0n) is 18.9. The second kappa shape index (κ2) is 8.32. The number of benzene rings is 1. The lowest BCUT2D eigenvalue weighted by Gasteiger charge is -2.35. The highest BCUT2D eigenvalue weighted by atomic mass is 19.1. The van der Waals surface area contributed by atoms with Crippen molar-refractivity contribution in [1.82, 2.24) is 19.8 Å². The third-order valence-electron chi connectivity index (χ3n) is 7.19. The average molecular weight is 435 g/mol. The Morgan fingerprint density at radius 1 is 1.28 bits per heavy atom. The van der Waals surface area contributed by atoms with Crippen molar-refractivity contribution in [1.29, 1.82) is 0 Å². The maximum Gasteiger partial charge on any atom is 0.220 e. The third kappa shape index (κ3) is 3.81. The molecule has 4 heterocycles. The highest BCUT2D eigenvalue weighted by Gasteiger charge is 2.48. The Balaban J connectivity index is 1.49. The van der Waals surface area contributed by atoms with Crippen LogP contribution >= 0.6 is 0 Å². The summed E-state index contributed by atoms with van der Waals surface area (Å²) in [5, 5.41) is 4.52. The minimum atomic E-state index is -0.265. The Bertz CT molecular complexity index is 1130. The van der Waals surface area contributed by atoms with Gasteiger partial charge in [-0.05, 0) is 62.1 Å². The van der Waals surface area contributed by atoms with Gasteiger partial charge in [-0.3, -0.25) is 14.7 Å². The van der Waals surface area contributed by atoms with Gasteiger partial charge in [0.25, 0.3) is 0 Å². The molecule has 5 nitrogen and oxygen atoms in total. The summed E-state index contributed by atoms with van der Waals surface area (Å²) in [6.45, 7) is 6.70. The van der Waals surface area contributed by atoms with Crippen LogP contribution in [0.3, 0.4) is 0 Å². The van der Waals surface area contributed by atoms with Crippen LogP contribution < -0.4 is 5.32 Å². The summed E-state index contributed by atoms with van der Waals surface area (Å²) < 4.78 is 16.1. The molecule has 0 aliphatic carbocycles. The van der Waals surface area contributed by atoms with E-state index in [1.165, 1.54) is 11.1 Å². The summed E-state index contributed by atoms with van der Waals surface area (Å²) in [5.41, 5.74) is 3.06. The maximum atomic E-state index is 14.0. The van der Waals surface area contributed by atoms with Gasteiger partial charge >= 0.3 is 0 Å². The summed E-state index contributed by atoms with van der Waals surface area (Å²) in [7, 11) is 0. The molecule has 2 aliphatic heterocycles. The first-order valence-electron chi connectivity index (χ1n) is 11.7. The Hall–Kier alpha value is -2.73. The van der Waals surface area contributed by atoms with Crippen LogP contribution in [-0.2, 0) is 11.3 Å². The van der Waals surface area contributed by atoms with Gasteiger partial charge in [-0.2, -0.15) is 0 Å². The second-order valence-corrected chi connectivity index (χ2v) is 9.74. The van der Waals surface area contributed by atoms with Crippen molar-refractivity contribution < 1.29 is 9.18 Å². The standard InChI is InChI=1S/C26H31FN4O/c1-18(2)31-15-20(22-9-8-21(27)12-24(22)31)14-30-16-23(19-6-5-11-28-13-19)26(17-30)10-4-3-7-25(32)29-26/h5-6,8-9,11-13,15,18,23H,3-4,7,10,14,16-17H2,1-2H3,(H,29,32)/t23-,26+/m0/s1. The van der Waals surface area contributed by atoms with Gasteiger partial charge in [0.05, 0.1) is 11.1 Å². The molecule has 2 aromatic heterocycles. The SMILES string of the molecule is CC(C)n1cc(CN2C[C@@H](c3cccnc3)[C@@]3(CCCCC(=O)N3)C2)c2ccc(F)cc21. The number of pyridine rings is 1. The van der Waals surface area contributed by atoms with Gasteiger partial charge in [-0.15, -0.1) is 0 Å². The van der Waals surface area contributed by atoms with Gasteiger partial charge in [0.2, 0.25) is 5.91 Å². The summed E-state index contributed by atoms with van der Waals surface area (Å²) in [4.78, 5) is 19.4. The molecule has 1 aromatic carbocycles. The first-order chi connectivity index (χ1) is 15.4. The average Bonchev–Trinajstić information content (AvgIpc) is 3.23. The first kappa shape index (κ1) is 21.1. The van der Waals surface area contributed by atoms with Crippen molar-refractivity contribution in [3.63, 3.8) is 0 Å². The van der Waals surface area contributed by atoms with Crippen LogP contribution in [0.4, 0.5) is 4.39 Å². The largest absolute Gasteiger partial charge is 0.349 e. The molecule has 1 spiro atoms. The van der Waals surface area contributed by atoms with Crippen molar-refractivity contribution in [3.05, 3.63) is 65.9 Å². The lowest BCUT2D eigenvalue weighted by atomic mass is 9.79. The number of nitrogens with one attached hydrogen (secondary N) is 1. The van der Waals surface area contributed by atoms with Gasteiger partial charge in [0, 0.05) is 62.0 Å². The molecule has 0 radical (unpaired) electrons. The first-order valence-corrected chi connectivity index (χ1v) is 11.7. The van der Waals surface area contributed by atoms with E-state index in [1.807, 2.05) is 18.3 Å². The predicted molar refractivity (Wildman–Crippen MR) is 124 cm³/mol. The van der Waals surface area contributed by atoms with E-state index in [1.54, 1.807) is 18.3 Å². The minimum Gasteiger partial charge on any atom is -0.349 e. The molecule has 2 atom stereocenters. The van der Waals surface area contributed by atoms with Crippen molar-refractivity contribution >= 4 is 16.8 Å². The normalized spacial score (nSPS) is 24.4. The highest BCUT2D eigenvalue weighted by molar-refractivity contribution is 5.84. The molecule has 0 bridgehead atoms. The molecule has 0 saturated carbocycles. The van der Waals surface area contributed by atoms with Crippen LogP contribution in [0.25, 0.3) is 10.9 Å². The Labute approximate surface area is 188 Å². The van der Waals surface area contributed by atoms with Crippen molar-refractivity contribution in [2.45, 2.75) is 63.6 Å². The Morgan fingerprint density at radius 2 is 2.16 bits per heavy atom. The van der Waals surface area contributed by atoms with Crippen LogP contribution in [0.1, 0.15) is 62.6 Å². The number of hydrogen-bond donors (Lipinski definition) is 1. The Morgan fingerprint density at radius 3 is 2.94 bits per heavy atom. The number of carbonyl (C=O) groups is 1.